The predicted octanol–water partition coefficient (Wildman–Crippen LogP) is 6.87. The van der Waals surface area contributed by atoms with Crippen molar-refractivity contribution < 1.29 is 0 Å². The van der Waals surface area contributed by atoms with Crippen LogP contribution in [-0.2, 0) is 0 Å². The van der Waals surface area contributed by atoms with Gasteiger partial charge in [-0.15, -0.1) is 34.5 Å². The first-order chi connectivity index (χ1) is 8.41. The minimum absolute atomic E-state index is 0. The summed E-state index contributed by atoms with van der Waals surface area (Å²) in [5, 5.41) is 3.14. The fourth-order valence-electron chi connectivity index (χ4n) is 2.28. The highest BCUT2D eigenvalue weighted by Crippen LogP contribution is 2.10. The average molecular weight is 381 g/mol. The molecule has 18 heavy (non-hydrogen) atoms. The van der Waals surface area contributed by atoms with Gasteiger partial charge in [0.05, 0.1) is 0 Å². The highest BCUT2D eigenvalue weighted by Gasteiger charge is 1.95. The summed E-state index contributed by atoms with van der Waals surface area (Å²) in [5.41, 5.74) is 0. The third-order valence-electron chi connectivity index (χ3n) is 3.52. The summed E-state index contributed by atoms with van der Waals surface area (Å²) in [6, 6.07) is 0. The molecule has 0 saturated carbocycles. The summed E-state index contributed by atoms with van der Waals surface area (Å²) in [7, 11) is 0. The van der Waals surface area contributed by atoms with Crippen LogP contribution in [0.1, 0.15) is 90.9 Å². The third-order valence-corrected chi connectivity index (χ3v) is 5.16. The number of hydrogen-bond donors (Lipinski definition) is 0. The number of hydrogen-bond acceptors (Lipinski definition) is 0. The van der Waals surface area contributed by atoms with E-state index in [2.05, 4.69) is 13.8 Å². The molecule has 0 bridgehead atoms. The maximum absolute atomic E-state index is 2.30. The molecule has 0 aliphatic rings. The highest BCUT2D eigenvalue weighted by molar-refractivity contribution is 14.0. The van der Waals surface area contributed by atoms with Crippen LogP contribution >= 0.6 is 24.0 Å². The zero-order chi connectivity index (χ0) is 12.6. The van der Waals surface area contributed by atoms with Crippen LogP contribution in [0.15, 0.2) is 0 Å². The van der Waals surface area contributed by atoms with Gasteiger partial charge >= 0.3 is 0 Å². The topological polar surface area (TPSA) is 0 Å². The molecule has 0 aliphatic heterocycles. The lowest BCUT2D eigenvalue weighted by Crippen LogP contribution is -1.90. The quantitative estimate of drug-likeness (QED) is 0.175. The Morgan fingerprint density at radius 3 is 1.22 bits per heavy atom. The Labute approximate surface area is 140 Å². The normalized spacial score (nSPS) is 10.1. The molecular weight excluding hydrogens is 346 g/mol. The van der Waals surface area contributed by atoms with E-state index < -0.39 is 0 Å². The van der Waals surface area contributed by atoms with Gasteiger partial charge in [0, 0.05) is 0 Å². The van der Waals surface area contributed by atoms with E-state index >= 15 is 0 Å². The van der Waals surface area contributed by atoms with E-state index in [4.69, 9.17) is 0 Å². The SMILES string of the molecule is CCCCCCC[CH2][Al][CH2]CCCCCCC.I. The van der Waals surface area contributed by atoms with E-state index in [-0.39, 0.29) is 24.0 Å². The molecule has 0 saturated heterocycles. The second-order valence-electron chi connectivity index (χ2n) is 5.40. The lowest BCUT2D eigenvalue weighted by molar-refractivity contribution is 0.618. The third kappa shape index (κ3) is 19.6. The first-order valence-electron chi connectivity index (χ1n) is 8.23. The van der Waals surface area contributed by atoms with Crippen LogP contribution in [-0.4, -0.2) is 15.2 Å². The molecular formula is C16H35AlI. The van der Waals surface area contributed by atoms with Crippen LogP contribution in [0.4, 0.5) is 0 Å². The molecule has 0 aromatic carbocycles. The smallest absolute Gasteiger partial charge is 0.107 e. The van der Waals surface area contributed by atoms with Crippen molar-refractivity contribution in [2.75, 3.05) is 0 Å². The molecule has 0 aliphatic carbocycles. The average Bonchev–Trinajstić information content (AvgIpc) is 2.35. The van der Waals surface area contributed by atoms with Crippen molar-refractivity contribution in [1.82, 2.24) is 0 Å². The Morgan fingerprint density at radius 1 is 0.500 bits per heavy atom. The molecule has 1 radical (unpaired) electrons. The van der Waals surface area contributed by atoms with Gasteiger partial charge in [-0.1, -0.05) is 90.9 Å². The molecule has 0 aromatic rings. The first kappa shape index (κ1) is 21.6. The van der Waals surface area contributed by atoms with Crippen molar-refractivity contribution in [3.63, 3.8) is 0 Å². The Hall–Kier alpha value is 1.26. The molecule has 0 atom stereocenters. The van der Waals surface area contributed by atoms with Gasteiger partial charge in [0.15, 0.2) is 15.2 Å². The standard InChI is InChI=1S/2C8H17.Al.HI/c2*1-3-5-7-8-6-4-2;;/h2*1,3-8H2,2H3;;1H. The van der Waals surface area contributed by atoms with Gasteiger partial charge in [-0.2, -0.15) is 0 Å². The molecule has 0 rings (SSSR count). The number of rotatable bonds is 14. The monoisotopic (exact) mass is 381 g/mol. The molecule has 109 valence electrons. The lowest BCUT2D eigenvalue weighted by Gasteiger charge is -2.01. The van der Waals surface area contributed by atoms with Gasteiger partial charge in [0.2, 0.25) is 0 Å². The van der Waals surface area contributed by atoms with Crippen LogP contribution in [0.2, 0.25) is 10.6 Å². The van der Waals surface area contributed by atoms with Gasteiger partial charge in [-0.3, -0.25) is 0 Å². The van der Waals surface area contributed by atoms with Crippen LogP contribution < -0.4 is 0 Å². The largest absolute Gasteiger partial charge is 0.199 e. The molecule has 0 heterocycles. The summed E-state index contributed by atoms with van der Waals surface area (Å²) in [6.07, 6.45) is 17.6. The van der Waals surface area contributed by atoms with Gasteiger partial charge in [-0.25, -0.2) is 0 Å². The minimum Gasteiger partial charge on any atom is -0.107 e. The fourth-order valence-corrected chi connectivity index (χ4v) is 3.73. The molecule has 0 N–H and O–H groups in total. The fraction of sp³-hybridized carbons (Fsp3) is 1.00. The molecule has 0 aromatic heterocycles. The second kappa shape index (κ2) is 20.6. The molecule has 2 heteroatoms. The molecule has 0 unspecified atom stereocenters. The summed E-state index contributed by atoms with van der Waals surface area (Å²) in [5.74, 6) is 0. The molecule has 0 amide bonds. The highest BCUT2D eigenvalue weighted by atomic mass is 127. The van der Waals surface area contributed by atoms with Crippen molar-refractivity contribution in [3.05, 3.63) is 0 Å². The van der Waals surface area contributed by atoms with E-state index in [1.807, 2.05) is 0 Å². The van der Waals surface area contributed by atoms with Crippen molar-refractivity contribution in [3.8, 4) is 0 Å². The Kier molecular flexibility index (Phi) is 24.6. The summed E-state index contributed by atoms with van der Waals surface area (Å²) in [6.45, 7) is 4.59. The molecule has 0 fully saturated rings. The van der Waals surface area contributed by atoms with Gasteiger partial charge in [-0.05, 0) is 0 Å². The van der Waals surface area contributed by atoms with Crippen molar-refractivity contribution in [1.29, 1.82) is 0 Å². The van der Waals surface area contributed by atoms with Crippen molar-refractivity contribution in [2.45, 2.75) is 101 Å². The summed E-state index contributed by atoms with van der Waals surface area (Å²) < 4.78 is 0. The van der Waals surface area contributed by atoms with Crippen LogP contribution in [0.5, 0.6) is 0 Å². The number of unbranched alkanes of at least 4 members (excludes halogenated alkanes) is 10. The van der Waals surface area contributed by atoms with Crippen molar-refractivity contribution in [2.24, 2.45) is 0 Å². The van der Waals surface area contributed by atoms with Crippen LogP contribution in [0, 0.1) is 0 Å². The zero-order valence-electron chi connectivity index (χ0n) is 12.9. The van der Waals surface area contributed by atoms with E-state index in [0.717, 1.165) is 15.2 Å². The van der Waals surface area contributed by atoms with Crippen LogP contribution in [0.3, 0.4) is 0 Å². The van der Waals surface area contributed by atoms with Gasteiger partial charge < -0.3 is 0 Å². The lowest BCUT2D eigenvalue weighted by atomic mass is 10.1. The van der Waals surface area contributed by atoms with E-state index in [1.54, 1.807) is 10.6 Å². The maximum atomic E-state index is 2.30. The predicted molar refractivity (Wildman–Crippen MR) is 97.5 cm³/mol. The van der Waals surface area contributed by atoms with E-state index in [9.17, 15) is 0 Å². The van der Waals surface area contributed by atoms with Gasteiger partial charge in [0.25, 0.3) is 0 Å². The Bertz CT molecular complexity index is 114. The second-order valence-corrected chi connectivity index (χ2v) is 7.13. The molecule has 0 spiro atoms. The number of halogens is 1. The summed E-state index contributed by atoms with van der Waals surface area (Å²) >= 11 is 0.794. The molecule has 0 nitrogen and oxygen atoms in total. The maximum Gasteiger partial charge on any atom is 0.199 e. The minimum atomic E-state index is 0. The Morgan fingerprint density at radius 2 is 0.833 bits per heavy atom. The zero-order valence-corrected chi connectivity index (χ0v) is 16.4. The van der Waals surface area contributed by atoms with E-state index in [1.165, 1.54) is 77.0 Å². The van der Waals surface area contributed by atoms with Crippen molar-refractivity contribution >= 4 is 39.2 Å². The summed E-state index contributed by atoms with van der Waals surface area (Å²) in [4.78, 5) is 0. The van der Waals surface area contributed by atoms with Crippen LogP contribution in [0.25, 0.3) is 0 Å². The first-order valence-corrected chi connectivity index (χ1v) is 9.86. The van der Waals surface area contributed by atoms with E-state index in [0.29, 0.717) is 0 Å². The van der Waals surface area contributed by atoms with Gasteiger partial charge in [0.1, 0.15) is 0 Å². The Balaban J connectivity index is 0.